The predicted octanol–water partition coefficient (Wildman–Crippen LogP) is 2.12. The summed E-state index contributed by atoms with van der Waals surface area (Å²) >= 11 is 3.25. The second kappa shape index (κ2) is 5.36. The van der Waals surface area contributed by atoms with Gasteiger partial charge in [-0.1, -0.05) is 19.4 Å². The SMILES string of the molecule is CC1(CO)CCCC1NC(=O)c1cccc(Br)n1. The molecule has 2 rings (SSSR count). The molecule has 0 aliphatic heterocycles. The van der Waals surface area contributed by atoms with Crippen molar-refractivity contribution in [2.45, 2.75) is 32.2 Å². The smallest absolute Gasteiger partial charge is 0.270 e. The predicted molar refractivity (Wildman–Crippen MR) is 72.2 cm³/mol. The Balaban J connectivity index is 2.08. The number of halogens is 1. The van der Waals surface area contributed by atoms with Crippen molar-refractivity contribution in [3.05, 3.63) is 28.5 Å². The van der Waals surface area contributed by atoms with Crippen LogP contribution in [0.4, 0.5) is 0 Å². The van der Waals surface area contributed by atoms with Crippen molar-refractivity contribution in [3.63, 3.8) is 0 Å². The molecule has 0 aromatic carbocycles. The molecule has 0 saturated heterocycles. The Morgan fingerprint density at radius 3 is 3.11 bits per heavy atom. The van der Waals surface area contributed by atoms with Gasteiger partial charge in [-0.25, -0.2) is 4.98 Å². The van der Waals surface area contributed by atoms with Gasteiger partial charge >= 0.3 is 0 Å². The first-order valence-electron chi connectivity index (χ1n) is 6.09. The summed E-state index contributed by atoms with van der Waals surface area (Å²) in [4.78, 5) is 16.2. The number of aliphatic hydroxyl groups is 1. The van der Waals surface area contributed by atoms with Crippen LogP contribution in [0.5, 0.6) is 0 Å². The van der Waals surface area contributed by atoms with E-state index in [9.17, 15) is 9.90 Å². The highest BCUT2D eigenvalue weighted by molar-refractivity contribution is 9.10. The maximum atomic E-state index is 12.1. The molecule has 0 spiro atoms. The van der Waals surface area contributed by atoms with E-state index in [1.54, 1.807) is 18.2 Å². The van der Waals surface area contributed by atoms with Crippen molar-refractivity contribution >= 4 is 21.8 Å². The first kappa shape index (κ1) is 13.5. The van der Waals surface area contributed by atoms with Gasteiger partial charge in [-0.05, 0) is 40.9 Å². The van der Waals surface area contributed by atoms with Gasteiger partial charge in [-0.15, -0.1) is 0 Å². The number of carbonyl (C=O) groups excluding carboxylic acids is 1. The summed E-state index contributed by atoms with van der Waals surface area (Å²) in [6.07, 6.45) is 2.89. The number of nitrogens with one attached hydrogen (secondary N) is 1. The summed E-state index contributed by atoms with van der Waals surface area (Å²) in [5.74, 6) is -0.178. The maximum Gasteiger partial charge on any atom is 0.270 e. The Bertz CT molecular complexity index is 452. The van der Waals surface area contributed by atoms with Crippen LogP contribution in [-0.4, -0.2) is 28.6 Å². The van der Waals surface area contributed by atoms with Gasteiger partial charge in [0.05, 0.1) is 6.61 Å². The number of hydrogen-bond donors (Lipinski definition) is 2. The first-order chi connectivity index (χ1) is 8.55. The minimum absolute atomic E-state index is 0.0239. The quantitative estimate of drug-likeness (QED) is 0.840. The summed E-state index contributed by atoms with van der Waals surface area (Å²) in [6.45, 7) is 2.11. The molecule has 2 N–H and O–H groups in total. The third kappa shape index (κ3) is 2.72. The Morgan fingerprint density at radius 2 is 2.44 bits per heavy atom. The third-order valence-electron chi connectivity index (χ3n) is 3.70. The molecule has 0 bridgehead atoms. The molecule has 1 fully saturated rings. The van der Waals surface area contributed by atoms with Crippen molar-refractivity contribution < 1.29 is 9.90 Å². The molecule has 1 heterocycles. The van der Waals surface area contributed by atoms with Crippen LogP contribution in [0.2, 0.25) is 0 Å². The van der Waals surface area contributed by atoms with Gasteiger partial charge in [0.25, 0.3) is 5.91 Å². The third-order valence-corrected chi connectivity index (χ3v) is 4.14. The Morgan fingerprint density at radius 1 is 1.67 bits per heavy atom. The highest BCUT2D eigenvalue weighted by Gasteiger charge is 2.39. The van der Waals surface area contributed by atoms with Crippen LogP contribution in [0.3, 0.4) is 0 Å². The van der Waals surface area contributed by atoms with E-state index < -0.39 is 0 Å². The molecule has 0 radical (unpaired) electrons. The largest absolute Gasteiger partial charge is 0.396 e. The molecule has 5 heteroatoms. The van der Waals surface area contributed by atoms with Gasteiger partial charge in [-0.3, -0.25) is 4.79 Å². The van der Waals surface area contributed by atoms with E-state index in [2.05, 4.69) is 26.2 Å². The summed E-state index contributed by atoms with van der Waals surface area (Å²) in [6, 6.07) is 5.28. The summed E-state index contributed by atoms with van der Waals surface area (Å²) in [5, 5.41) is 12.4. The van der Waals surface area contributed by atoms with E-state index in [1.165, 1.54) is 0 Å². The Labute approximate surface area is 115 Å². The molecule has 1 aliphatic rings. The lowest BCUT2D eigenvalue weighted by Gasteiger charge is -2.29. The van der Waals surface area contributed by atoms with Gasteiger partial charge in [0.1, 0.15) is 10.3 Å². The van der Waals surface area contributed by atoms with Crippen molar-refractivity contribution in [1.82, 2.24) is 10.3 Å². The van der Waals surface area contributed by atoms with Crippen LogP contribution >= 0.6 is 15.9 Å². The van der Waals surface area contributed by atoms with Crippen LogP contribution in [0.25, 0.3) is 0 Å². The molecular formula is C13H17BrN2O2. The zero-order valence-corrected chi connectivity index (χ0v) is 11.9. The fourth-order valence-electron chi connectivity index (χ4n) is 2.44. The summed E-state index contributed by atoms with van der Waals surface area (Å²) < 4.78 is 0.645. The number of rotatable bonds is 3. The van der Waals surface area contributed by atoms with Gasteiger partial charge < -0.3 is 10.4 Å². The molecule has 2 atom stereocenters. The van der Waals surface area contributed by atoms with Crippen molar-refractivity contribution in [2.75, 3.05) is 6.61 Å². The average molecular weight is 313 g/mol. The standard InChI is InChI=1S/C13H17BrN2O2/c1-13(8-17)7-3-5-10(13)16-12(18)9-4-2-6-11(14)15-9/h2,4,6,10,17H,3,5,7-8H2,1H3,(H,16,18). The van der Waals surface area contributed by atoms with Crippen LogP contribution in [0.1, 0.15) is 36.7 Å². The fourth-order valence-corrected chi connectivity index (χ4v) is 2.78. The zero-order chi connectivity index (χ0) is 13.2. The van der Waals surface area contributed by atoms with Crippen LogP contribution in [0.15, 0.2) is 22.8 Å². The molecular weight excluding hydrogens is 296 g/mol. The number of carbonyl (C=O) groups is 1. The van der Waals surface area contributed by atoms with Gasteiger partial charge in [0.15, 0.2) is 0 Å². The lowest BCUT2D eigenvalue weighted by atomic mass is 9.86. The number of aliphatic hydroxyl groups excluding tert-OH is 1. The number of amides is 1. The van der Waals surface area contributed by atoms with Crippen LogP contribution in [-0.2, 0) is 0 Å². The number of aromatic nitrogens is 1. The van der Waals surface area contributed by atoms with Crippen molar-refractivity contribution in [2.24, 2.45) is 5.41 Å². The minimum atomic E-state index is -0.207. The lowest BCUT2D eigenvalue weighted by Crippen LogP contribution is -2.45. The number of pyridine rings is 1. The Hall–Kier alpha value is -0.940. The molecule has 1 amide bonds. The highest BCUT2D eigenvalue weighted by Crippen LogP contribution is 2.37. The molecule has 2 unspecified atom stereocenters. The molecule has 1 aromatic rings. The van der Waals surface area contributed by atoms with Crippen molar-refractivity contribution in [3.8, 4) is 0 Å². The second-order valence-electron chi connectivity index (χ2n) is 5.08. The molecule has 1 aliphatic carbocycles. The molecule has 98 valence electrons. The van der Waals surface area contributed by atoms with Gasteiger partial charge in [0, 0.05) is 11.5 Å². The fraction of sp³-hybridized carbons (Fsp3) is 0.538. The van der Waals surface area contributed by atoms with Gasteiger partial charge in [-0.2, -0.15) is 0 Å². The van der Waals surface area contributed by atoms with E-state index in [4.69, 9.17) is 0 Å². The molecule has 1 saturated carbocycles. The monoisotopic (exact) mass is 312 g/mol. The first-order valence-corrected chi connectivity index (χ1v) is 6.89. The number of hydrogen-bond acceptors (Lipinski definition) is 3. The minimum Gasteiger partial charge on any atom is -0.396 e. The van der Waals surface area contributed by atoms with Crippen LogP contribution < -0.4 is 5.32 Å². The second-order valence-corrected chi connectivity index (χ2v) is 5.89. The van der Waals surface area contributed by atoms with E-state index in [1.807, 2.05) is 6.92 Å². The van der Waals surface area contributed by atoms with E-state index in [-0.39, 0.29) is 24.0 Å². The Kier molecular flexibility index (Phi) is 4.02. The summed E-state index contributed by atoms with van der Waals surface area (Å²) in [5.41, 5.74) is 0.193. The van der Waals surface area contributed by atoms with E-state index in [0.717, 1.165) is 19.3 Å². The topological polar surface area (TPSA) is 62.2 Å². The average Bonchev–Trinajstić information content (AvgIpc) is 2.72. The van der Waals surface area contributed by atoms with Crippen LogP contribution in [0, 0.1) is 5.41 Å². The molecule has 4 nitrogen and oxygen atoms in total. The van der Waals surface area contributed by atoms with E-state index in [0.29, 0.717) is 10.3 Å². The van der Waals surface area contributed by atoms with E-state index >= 15 is 0 Å². The highest BCUT2D eigenvalue weighted by atomic mass is 79.9. The zero-order valence-electron chi connectivity index (χ0n) is 10.3. The normalized spacial score (nSPS) is 27.2. The summed E-state index contributed by atoms with van der Waals surface area (Å²) in [7, 11) is 0. The number of nitrogens with zero attached hydrogens (tertiary/aromatic N) is 1. The van der Waals surface area contributed by atoms with Crippen molar-refractivity contribution in [1.29, 1.82) is 0 Å². The molecule has 18 heavy (non-hydrogen) atoms. The molecule has 1 aromatic heterocycles. The lowest BCUT2D eigenvalue weighted by molar-refractivity contribution is 0.0826. The van der Waals surface area contributed by atoms with Gasteiger partial charge in [0.2, 0.25) is 0 Å². The maximum absolute atomic E-state index is 12.1.